The Morgan fingerprint density at radius 1 is 1.30 bits per heavy atom. The number of hydrogen-bond donors (Lipinski definition) is 2. The summed E-state index contributed by atoms with van der Waals surface area (Å²) in [7, 11) is 0. The second-order valence-corrected chi connectivity index (χ2v) is 5.09. The number of thioether (sulfide) groups is 1. The van der Waals surface area contributed by atoms with Gasteiger partial charge in [0.05, 0.1) is 10.6 Å². The van der Waals surface area contributed by atoms with E-state index in [9.17, 15) is 19.7 Å². The highest BCUT2D eigenvalue weighted by molar-refractivity contribution is 7.99. The molecule has 0 aliphatic carbocycles. The van der Waals surface area contributed by atoms with Crippen molar-refractivity contribution in [2.45, 2.75) is 18.7 Å². The first-order chi connectivity index (χ1) is 9.40. The van der Waals surface area contributed by atoms with Crippen LogP contribution >= 0.6 is 11.8 Å². The van der Waals surface area contributed by atoms with Crippen molar-refractivity contribution in [2.24, 2.45) is 0 Å². The molecule has 108 valence electrons. The number of rotatable bonds is 6. The Hall–Kier alpha value is -2.09. The number of amides is 2. The van der Waals surface area contributed by atoms with E-state index in [0.29, 0.717) is 18.0 Å². The lowest BCUT2D eigenvalue weighted by atomic mass is 10.3. The zero-order valence-electron chi connectivity index (χ0n) is 11.1. The summed E-state index contributed by atoms with van der Waals surface area (Å²) in [6.07, 6.45) is 0. The third-order valence-corrected chi connectivity index (χ3v) is 3.29. The number of nitrogens with one attached hydrogen (secondary N) is 2. The summed E-state index contributed by atoms with van der Waals surface area (Å²) < 4.78 is 0. The first-order valence-electron chi connectivity index (χ1n) is 5.83. The van der Waals surface area contributed by atoms with Gasteiger partial charge in [-0.15, -0.1) is 11.8 Å². The molecular formula is C12H15N3O4S. The number of hydrogen-bond acceptors (Lipinski definition) is 5. The summed E-state index contributed by atoms with van der Waals surface area (Å²) in [6.45, 7) is 3.25. The van der Waals surface area contributed by atoms with Crippen molar-refractivity contribution in [3.63, 3.8) is 0 Å². The molecule has 7 nitrogen and oxygen atoms in total. The molecule has 0 saturated heterocycles. The molecule has 2 N–H and O–H groups in total. The van der Waals surface area contributed by atoms with Gasteiger partial charge < -0.3 is 10.6 Å². The lowest BCUT2D eigenvalue weighted by Gasteiger charge is -2.09. The van der Waals surface area contributed by atoms with Crippen LogP contribution in [0.15, 0.2) is 23.1 Å². The number of benzene rings is 1. The van der Waals surface area contributed by atoms with Crippen LogP contribution in [0.3, 0.4) is 0 Å². The highest BCUT2D eigenvalue weighted by Crippen LogP contribution is 2.30. The van der Waals surface area contributed by atoms with Gasteiger partial charge in [0.1, 0.15) is 0 Å². The van der Waals surface area contributed by atoms with Gasteiger partial charge in [0.15, 0.2) is 0 Å². The van der Waals surface area contributed by atoms with Crippen LogP contribution in [-0.2, 0) is 9.59 Å². The van der Waals surface area contributed by atoms with Gasteiger partial charge in [-0.1, -0.05) is 0 Å². The van der Waals surface area contributed by atoms with E-state index in [1.54, 1.807) is 6.07 Å². The molecule has 0 spiro atoms. The van der Waals surface area contributed by atoms with Crippen LogP contribution in [0.4, 0.5) is 11.4 Å². The minimum absolute atomic E-state index is 0.0834. The highest BCUT2D eigenvalue weighted by atomic mass is 32.2. The van der Waals surface area contributed by atoms with E-state index in [1.165, 1.54) is 37.7 Å². The third kappa shape index (κ3) is 5.27. The van der Waals surface area contributed by atoms with Crippen molar-refractivity contribution in [1.29, 1.82) is 0 Å². The van der Waals surface area contributed by atoms with Gasteiger partial charge in [-0.2, -0.15) is 0 Å². The highest BCUT2D eigenvalue weighted by Gasteiger charge is 2.12. The van der Waals surface area contributed by atoms with Crippen molar-refractivity contribution < 1.29 is 14.5 Å². The number of nitro groups is 1. The van der Waals surface area contributed by atoms with E-state index in [0.717, 1.165) is 4.90 Å². The Morgan fingerprint density at radius 2 is 2.00 bits per heavy atom. The molecule has 2 amide bonds. The summed E-state index contributed by atoms with van der Waals surface area (Å²) in [5.74, 6) is 0.190. The molecule has 0 fully saturated rings. The molecule has 0 saturated carbocycles. The molecule has 0 unspecified atom stereocenters. The summed E-state index contributed by atoms with van der Waals surface area (Å²) >= 11 is 1.40. The minimum Gasteiger partial charge on any atom is -0.356 e. The van der Waals surface area contributed by atoms with Crippen LogP contribution in [0.1, 0.15) is 13.8 Å². The van der Waals surface area contributed by atoms with E-state index in [4.69, 9.17) is 0 Å². The van der Waals surface area contributed by atoms with Crippen LogP contribution in [0, 0.1) is 10.1 Å². The van der Waals surface area contributed by atoms with E-state index in [-0.39, 0.29) is 17.5 Å². The fourth-order valence-electron chi connectivity index (χ4n) is 1.43. The van der Waals surface area contributed by atoms with Crippen LogP contribution in [-0.4, -0.2) is 29.0 Å². The van der Waals surface area contributed by atoms with Crippen molar-refractivity contribution in [1.82, 2.24) is 5.32 Å². The Kier molecular flexibility index (Phi) is 5.98. The van der Waals surface area contributed by atoms with Crippen LogP contribution < -0.4 is 10.6 Å². The maximum Gasteiger partial charge on any atom is 0.271 e. The molecule has 8 heteroatoms. The fourth-order valence-corrected chi connectivity index (χ4v) is 2.29. The monoisotopic (exact) mass is 297 g/mol. The molecular weight excluding hydrogens is 282 g/mol. The van der Waals surface area contributed by atoms with Gasteiger partial charge in [0.2, 0.25) is 11.8 Å². The number of nitrogens with zero attached hydrogens (tertiary/aromatic N) is 1. The maximum absolute atomic E-state index is 11.1. The van der Waals surface area contributed by atoms with E-state index >= 15 is 0 Å². The topological polar surface area (TPSA) is 101 Å². The van der Waals surface area contributed by atoms with Crippen molar-refractivity contribution >= 4 is 35.0 Å². The summed E-state index contributed by atoms with van der Waals surface area (Å²) in [5, 5.41) is 15.9. The lowest BCUT2D eigenvalue weighted by molar-refractivity contribution is -0.384. The zero-order chi connectivity index (χ0) is 15.1. The number of anilines is 1. The lowest BCUT2D eigenvalue weighted by Crippen LogP contribution is -2.22. The molecule has 0 radical (unpaired) electrons. The molecule has 0 aliphatic rings. The van der Waals surface area contributed by atoms with E-state index < -0.39 is 4.92 Å². The second-order valence-electron chi connectivity index (χ2n) is 3.95. The molecule has 1 rings (SSSR count). The Morgan fingerprint density at radius 3 is 2.55 bits per heavy atom. The molecule has 0 atom stereocenters. The average Bonchev–Trinajstić information content (AvgIpc) is 2.34. The largest absolute Gasteiger partial charge is 0.356 e. The zero-order valence-corrected chi connectivity index (χ0v) is 12.0. The number of nitro benzene ring substituents is 1. The van der Waals surface area contributed by atoms with Crippen LogP contribution in [0.25, 0.3) is 0 Å². The Labute approximate surface area is 120 Å². The van der Waals surface area contributed by atoms with E-state index in [1.807, 2.05) is 0 Å². The molecule has 0 bridgehead atoms. The Balaban J connectivity index is 2.79. The first-order valence-corrected chi connectivity index (χ1v) is 6.82. The normalized spacial score (nSPS) is 9.90. The number of carbonyl (C=O) groups excluding carboxylic acids is 2. The second kappa shape index (κ2) is 7.49. The predicted molar refractivity (Wildman–Crippen MR) is 76.8 cm³/mol. The molecule has 0 aliphatic heterocycles. The number of non-ortho nitro benzene ring substituents is 1. The third-order valence-electron chi connectivity index (χ3n) is 2.22. The molecule has 1 aromatic rings. The maximum atomic E-state index is 11.1. The standard InChI is InChI=1S/C12H15N3O4S/c1-8(16)13-5-6-20-12-4-3-10(15(18)19)7-11(12)14-9(2)17/h3-4,7H,5-6H2,1-2H3,(H,13,16)(H,14,17). The van der Waals surface area contributed by atoms with Crippen LogP contribution in [0.2, 0.25) is 0 Å². The molecule has 0 aromatic heterocycles. The Bertz CT molecular complexity index is 533. The van der Waals surface area contributed by atoms with Gasteiger partial charge in [-0.25, -0.2) is 0 Å². The van der Waals surface area contributed by atoms with Gasteiger partial charge >= 0.3 is 0 Å². The quantitative estimate of drug-likeness (QED) is 0.361. The summed E-state index contributed by atoms with van der Waals surface area (Å²) in [4.78, 5) is 32.8. The van der Waals surface area contributed by atoms with Crippen LogP contribution in [0.5, 0.6) is 0 Å². The summed E-state index contributed by atoms with van der Waals surface area (Å²) in [6, 6.07) is 4.29. The van der Waals surface area contributed by atoms with E-state index in [2.05, 4.69) is 10.6 Å². The molecule has 0 heterocycles. The molecule has 1 aromatic carbocycles. The van der Waals surface area contributed by atoms with Crippen molar-refractivity contribution in [3.8, 4) is 0 Å². The SMILES string of the molecule is CC(=O)NCCSc1ccc([N+](=O)[O-])cc1NC(C)=O. The number of carbonyl (C=O) groups is 2. The van der Waals surface area contributed by atoms with Gasteiger partial charge in [-0.3, -0.25) is 19.7 Å². The van der Waals surface area contributed by atoms with Gasteiger partial charge in [0.25, 0.3) is 5.69 Å². The predicted octanol–water partition coefficient (Wildman–Crippen LogP) is 1.78. The average molecular weight is 297 g/mol. The van der Waals surface area contributed by atoms with Crippen molar-refractivity contribution in [2.75, 3.05) is 17.6 Å². The molecule has 20 heavy (non-hydrogen) atoms. The smallest absolute Gasteiger partial charge is 0.271 e. The minimum atomic E-state index is -0.517. The van der Waals surface area contributed by atoms with Gasteiger partial charge in [0, 0.05) is 43.2 Å². The first kappa shape index (κ1) is 16.0. The fraction of sp³-hybridized carbons (Fsp3) is 0.333. The van der Waals surface area contributed by atoms with Crippen molar-refractivity contribution in [3.05, 3.63) is 28.3 Å². The summed E-state index contributed by atoms with van der Waals surface area (Å²) in [5.41, 5.74) is 0.319. The van der Waals surface area contributed by atoms with Gasteiger partial charge in [-0.05, 0) is 6.07 Å².